The first-order chi connectivity index (χ1) is 9.70. The quantitative estimate of drug-likeness (QED) is 0.935. The summed E-state index contributed by atoms with van der Waals surface area (Å²) in [6.07, 6.45) is 2.69. The van der Waals surface area contributed by atoms with E-state index in [1.807, 2.05) is 6.07 Å². The summed E-state index contributed by atoms with van der Waals surface area (Å²) in [7, 11) is 0. The Morgan fingerprint density at radius 3 is 3.15 bits per heavy atom. The topological polar surface area (TPSA) is 51.0 Å². The molecule has 106 valence electrons. The lowest BCUT2D eigenvalue weighted by atomic mass is 9.94. The van der Waals surface area contributed by atoms with Crippen molar-refractivity contribution >= 4 is 0 Å². The lowest BCUT2D eigenvalue weighted by Gasteiger charge is -2.25. The van der Waals surface area contributed by atoms with Gasteiger partial charge in [0.2, 0.25) is 5.89 Å². The summed E-state index contributed by atoms with van der Waals surface area (Å²) in [5.41, 5.74) is 0.849. The number of piperidine rings is 1. The Kier molecular flexibility index (Phi) is 3.78. The molecule has 20 heavy (non-hydrogen) atoms. The van der Waals surface area contributed by atoms with Gasteiger partial charge in [-0.3, -0.25) is 0 Å². The first-order valence-corrected chi connectivity index (χ1v) is 7.01. The highest BCUT2D eigenvalue weighted by Gasteiger charge is 2.24. The van der Waals surface area contributed by atoms with Gasteiger partial charge in [-0.25, -0.2) is 4.39 Å². The zero-order valence-electron chi connectivity index (χ0n) is 11.5. The number of halogens is 1. The minimum atomic E-state index is -0.242. The molecular weight excluding hydrogens is 257 g/mol. The van der Waals surface area contributed by atoms with Crippen molar-refractivity contribution in [2.24, 2.45) is 5.92 Å². The molecule has 0 aliphatic carbocycles. The first-order valence-electron chi connectivity index (χ1n) is 7.01. The molecule has 2 unspecified atom stereocenters. The minimum absolute atomic E-state index is 0.146. The molecule has 1 fully saturated rings. The van der Waals surface area contributed by atoms with E-state index in [-0.39, 0.29) is 11.9 Å². The smallest absolute Gasteiger partial charge is 0.243 e. The number of rotatable bonds is 3. The van der Waals surface area contributed by atoms with Crippen LogP contribution < -0.4 is 5.32 Å². The highest BCUT2D eigenvalue weighted by atomic mass is 19.1. The molecule has 1 N–H and O–H groups in total. The van der Waals surface area contributed by atoms with Gasteiger partial charge in [0.1, 0.15) is 5.82 Å². The van der Waals surface area contributed by atoms with Gasteiger partial charge in [-0.1, -0.05) is 24.2 Å². The molecule has 3 rings (SSSR count). The van der Waals surface area contributed by atoms with E-state index >= 15 is 0 Å². The van der Waals surface area contributed by atoms with Gasteiger partial charge in [-0.05, 0) is 43.0 Å². The van der Waals surface area contributed by atoms with Crippen LogP contribution in [0.15, 0.2) is 28.8 Å². The SMILES string of the molecule is CC1CCNC(c2nc(Cc3cccc(F)c3)no2)C1. The maximum Gasteiger partial charge on any atom is 0.243 e. The summed E-state index contributed by atoms with van der Waals surface area (Å²) in [5, 5.41) is 7.39. The summed E-state index contributed by atoms with van der Waals surface area (Å²) in [6, 6.07) is 6.62. The van der Waals surface area contributed by atoms with Gasteiger partial charge in [0.25, 0.3) is 0 Å². The van der Waals surface area contributed by atoms with E-state index in [1.165, 1.54) is 18.6 Å². The summed E-state index contributed by atoms with van der Waals surface area (Å²) >= 11 is 0. The predicted molar refractivity (Wildman–Crippen MR) is 72.6 cm³/mol. The van der Waals surface area contributed by atoms with Crippen LogP contribution in [0.2, 0.25) is 0 Å². The van der Waals surface area contributed by atoms with Crippen molar-refractivity contribution in [3.63, 3.8) is 0 Å². The van der Waals surface area contributed by atoms with Crippen LogP contribution in [0, 0.1) is 11.7 Å². The molecule has 1 aliphatic rings. The van der Waals surface area contributed by atoms with Gasteiger partial charge >= 0.3 is 0 Å². The van der Waals surface area contributed by atoms with Crippen LogP contribution in [-0.2, 0) is 6.42 Å². The number of hydrogen-bond donors (Lipinski definition) is 1. The van der Waals surface area contributed by atoms with E-state index in [0.717, 1.165) is 18.5 Å². The van der Waals surface area contributed by atoms with Crippen LogP contribution in [0.1, 0.15) is 43.1 Å². The molecule has 0 bridgehead atoms. The molecule has 2 heterocycles. The lowest BCUT2D eigenvalue weighted by molar-refractivity contribution is 0.259. The Morgan fingerprint density at radius 2 is 2.35 bits per heavy atom. The average molecular weight is 275 g/mol. The Morgan fingerprint density at radius 1 is 1.45 bits per heavy atom. The largest absolute Gasteiger partial charge is 0.338 e. The number of hydrogen-bond acceptors (Lipinski definition) is 4. The van der Waals surface area contributed by atoms with Crippen molar-refractivity contribution in [2.45, 2.75) is 32.2 Å². The number of nitrogens with zero attached hydrogens (tertiary/aromatic N) is 2. The molecule has 1 aliphatic heterocycles. The normalized spacial score (nSPS) is 22.9. The molecule has 1 saturated heterocycles. The highest BCUT2D eigenvalue weighted by Crippen LogP contribution is 2.25. The fourth-order valence-corrected chi connectivity index (χ4v) is 2.61. The molecule has 1 aromatic heterocycles. The molecular formula is C15H18FN3O. The maximum absolute atomic E-state index is 13.1. The average Bonchev–Trinajstić information content (AvgIpc) is 2.87. The molecule has 2 aromatic rings. The van der Waals surface area contributed by atoms with Gasteiger partial charge < -0.3 is 9.84 Å². The molecule has 0 spiro atoms. The molecule has 2 atom stereocenters. The second-order valence-corrected chi connectivity index (χ2v) is 5.49. The molecule has 0 saturated carbocycles. The van der Waals surface area contributed by atoms with Gasteiger partial charge in [0.05, 0.1) is 6.04 Å². The van der Waals surface area contributed by atoms with E-state index in [0.29, 0.717) is 24.1 Å². The van der Waals surface area contributed by atoms with Crippen LogP contribution >= 0.6 is 0 Å². The van der Waals surface area contributed by atoms with Gasteiger partial charge in [-0.15, -0.1) is 0 Å². The third-order valence-corrected chi connectivity index (χ3v) is 3.70. The Bertz CT molecular complexity index is 584. The standard InChI is InChI=1S/C15H18FN3O/c1-10-5-6-17-13(7-10)15-18-14(19-20-15)9-11-3-2-4-12(16)8-11/h2-4,8,10,13,17H,5-7,9H2,1H3. The Labute approximate surface area is 117 Å². The number of benzene rings is 1. The predicted octanol–water partition coefficient (Wildman–Crippen LogP) is 2.86. The zero-order valence-corrected chi connectivity index (χ0v) is 11.5. The van der Waals surface area contributed by atoms with Gasteiger partial charge in [0.15, 0.2) is 5.82 Å². The third-order valence-electron chi connectivity index (χ3n) is 3.70. The van der Waals surface area contributed by atoms with Crippen LogP contribution in [0.5, 0.6) is 0 Å². The summed E-state index contributed by atoms with van der Waals surface area (Å²) in [5.74, 6) is 1.67. The van der Waals surface area contributed by atoms with E-state index in [2.05, 4.69) is 22.4 Å². The second-order valence-electron chi connectivity index (χ2n) is 5.49. The van der Waals surface area contributed by atoms with Crippen molar-refractivity contribution < 1.29 is 8.91 Å². The molecule has 5 heteroatoms. The van der Waals surface area contributed by atoms with Crippen molar-refractivity contribution in [3.8, 4) is 0 Å². The summed E-state index contributed by atoms with van der Waals surface area (Å²) in [4.78, 5) is 4.43. The Hall–Kier alpha value is -1.75. The fraction of sp³-hybridized carbons (Fsp3) is 0.467. The second kappa shape index (κ2) is 5.71. The molecule has 0 amide bonds. The van der Waals surface area contributed by atoms with Crippen LogP contribution in [0.25, 0.3) is 0 Å². The van der Waals surface area contributed by atoms with Crippen molar-refractivity contribution in [3.05, 3.63) is 47.4 Å². The monoisotopic (exact) mass is 275 g/mol. The van der Waals surface area contributed by atoms with Crippen molar-refractivity contribution in [1.82, 2.24) is 15.5 Å². The van der Waals surface area contributed by atoms with Crippen molar-refractivity contribution in [1.29, 1.82) is 0 Å². The van der Waals surface area contributed by atoms with Gasteiger partial charge in [-0.2, -0.15) is 4.98 Å². The summed E-state index contributed by atoms with van der Waals surface area (Å²) in [6.45, 7) is 3.21. The molecule has 4 nitrogen and oxygen atoms in total. The Balaban J connectivity index is 1.70. The maximum atomic E-state index is 13.1. The fourth-order valence-electron chi connectivity index (χ4n) is 2.61. The van der Waals surface area contributed by atoms with Crippen LogP contribution in [0.4, 0.5) is 4.39 Å². The lowest BCUT2D eigenvalue weighted by Crippen LogP contribution is -2.30. The highest BCUT2D eigenvalue weighted by molar-refractivity contribution is 5.19. The van der Waals surface area contributed by atoms with Gasteiger partial charge in [0, 0.05) is 6.42 Å². The molecule has 0 radical (unpaired) electrons. The number of nitrogens with one attached hydrogen (secondary N) is 1. The minimum Gasteiger partial charge on any atom is -0.338 e. The van der Waals surface area contributed by atoms with Crippen LogP contribution in [0.3, 0.4) is 0 Å². The molecule has 1 aromatic carbocycles. The van der Waals surface area contributed by atoms with E-state index < -0.39 is 0 Å². The first kappa shape index (κ1) is 13.2. The van der Waals surface area contributed by atoms with E-state index in [9.17, 15) is 4.39 Å². The van der Waals surface area contributed by atoms with Crippen LogP contribution in [-0.4, -0.2) is 16.7 Å². The van der Waals surface area contributed by atoms with E-state index in [4.69, 9.17) is 4.52 Å². The van der Waals surface area contributed by atoms with E-state index in [1.54, 1.807) is 6.07 Å². The third kappa shape index (κ3) is 3.04. The van der Waals surface area contributed by atoms with Crippen molar-refractivity contribution in [2.75, 3.05) is 6.54 Å². The summed E-state index contributed by atoms with van der Waals surface area (Å²) < 4.78 is 18.5. The zero-order chi connectivity index (χ0) is 13.9. The number of aromatic nitrogens is 2.